The summed E-state index contributed by atoms with van der Waals surface area (Å²) >= 11 is 0. The molecule has 6 rings (SSSR count). The van der Waals surface area contributed by atoms with Gasteiger partial charge in [-0.25, -0.2) is 0 Å². The third kappa shape index (κ3) is 4.30. The topological polar surface area (TPSA) is 37.3 Å². The van der Waals surface area contributed by atoms with E-state index in [-0.39, 0.29) is 10.8 Å². The molecule has 202 valence electrons. The van der Waals surface area contributed by atoms with Crippen LogP contribution in [0.15, 0.2) is 24.3 Å². The van der Waals surface area contributed by atoms with E-state index < -0.39 is 0 Å². The molecule has 0 saturated heterocycles. The van der Waals surface area contributed by atoms with Gasteiger partial charge in [-0.05, 0) is 136 Å². The lowest BCUT2D eigenvalue weighted by Crippen LogP contribution is -2.45. The van der Waals surface area contributed by atoms with Gasteiger partial charge < -0.3 is 9.90 Å². The molecule has 36 heavy (non-hydrogen) atoms. The number of carbonyl (C=O) groups is 1. The summed E-state index contributed by atoms with van der Waals surface area (Å²) in [7, 11) is 0. The smallest absolute Gasteiger partial charge is 0.126 e. The maximum Gasteiger partial charge on any atom is 0.126 e. The molecule has 6 aliphatic carbocycles. The van der Waals surface area contributed by atoms with Crippen LogP contribution in [0.5, 0.6) is 0 Å². The molecular weight excluding hydrogens is 440 g/mol. The van der Waals surface area contributed by atoms with E-state index >= 15 is 0 Å². The van der Waals surface area contributed by atoms with Crippen molar-refractivity contribution in [1.29, 1.82) is 0 Å². The fourth-order valence-electron chi connectivity index (χ4n) is 11.4. The Morgan fingerprint density at radius 2 is 1.31 bits per heavy atom. The lowest BCUT2D eigenvalue weighted by Gasteiger charge is -2.50. The van der Waals surface area contributed by atoms with Gasteiger partial charge in [-0.2, -0.15) is 0 Å². The van der Waals surface area contributed by atoms with Crippen molar-refractivity contribution in [2.45, 2.75) is 118 Å². The first-order valence-electron chi connectivity index (χ1n) is 15.6. The molecule has 0 amide bonds. The van der Waals surface area contributed by atoms with Crippen molar-refractivity contribution in [2.24, 2.45) is 57.2 Å². The highest BCUT2D eigenvalue weighted by molar-refractivity contribution is 5.61. The van der Waals surface area contributed by atoms with Crippen LogP contribution in [0.4, 0.5) is 0 Å². The molecule has 6 aliphatic rings. The van der Waals surface area contributed by atoms with Crippen molar-refractivity contribution in [3.8, 4) is 0 Å². The zero-order chi connectivity index (χ0) is 25.6. The summed E-state index contributed by atoms with van der Waals surface area (Å²) in [6, 6.07) is 0. The van der Waals surface area contributed by atoms with E-state index in [1.807, 2.05) is 0 Å². The Morgan fingerprint density at radius 1 is 0.750 bits per heavy atom. The van der Waals surface area contributed by atoms with Gasteiger partial charge in [0, 0.05) is 17.4 Å². The van der Waals surface area contributed by atoms with Gasteiger partial charge in [-0.15, -0.1) is 0 Å². The molecule has 0 radical (unpaired) electrons. The van der Waals surface area contributed by atoms with Crippen molar-refractivity contribution in [3.63, 3.8) is 0 Å². The predicted octanol–water partition coefficient (Wildman–Crippen LogP) is 8.54. The third-order valence-electron chi connectivity index (χ3n) is 12.8. The van der Waals surface area contributed by atoms with Crippen molar-refractivity contribution < 1.29 is 9.90 Å². The van der Waals surface area contributed by atoms with Gasteiger partial charge in [-0.3, -0.25) is 0 Å². The summed E-state index contributed by atoms with van der Waals surface area (Å²) in [5.41, 5.74) is 0.971. The van der Waals surface area contributed by atoms with Gasteiger partial charge in [0.15, 0.2) is 0 Å². The molecule has 0 aromatic heterocycles. The maximum absolute atomic E-state index is 12.0. The standard InChI is InChI=1S/C17H28O.C17H26O/c2*1-16(2)14-8-7-13(11-14)15(16)17(12-18)9-5-3-4-6-10-17/h3,5,13-15,18H,4,6-12H2,1-2H3;3,5,12-15H,4,6-11H2,1-2H3. The number of rotatable bonds is 4. The Hall–Kier alpha value is -0.890. The van der Waals surface area contributed by atoms with Gasteiger partial charge in [0.2, 0.25) is 0 Å². The van der Waals surface area contributed by atoms with E-state index in [4.69, 9.17) is 0 Å². The number of hydrogen-bond acceptors (Lipinski definition) is 2. The van der Waals surface area contributed by atoms with Crippen LogP contribution in [0.3, 0.4) is 0 Å². The average molecular weight is 495 g/mol. The van der Waals surface area contributed by atoms with Gasteiger partial charge in [0.05, 0.1) is 0 Å². The molecule has 0 aliphatic heterocycles. The number of hydrogen-bond donors (Lipinski definition) is 1. The van der Waals surface area contributed by atoms with Crippen molar-refractivity contribution in [3.05, 3.63) is 24.3 Å². The molecular formula is C34H54O2. The second kappa shape index (κ2) is 10.0. The molecule has 0 aromatic rings. The summed E-state index contributed by atoms with van der Waals surface area (Å²) in [5, 5.41) is 10.2. The molecule has 2 heteroatoms. The Kier molecular flexibility index (Phi) is 7.43. The minimum atomic E-state index is -0.0453. The minimum absolute atomic E-state index is 0.0453. The normalized spacial score (nSPS) is 46.1. The molecule has 4 saturated carbocycles. The van der Waals surface area contributed by atoms with Crippen LogP contribution >= 0.6 is 0 Å². The highest BCUT2D eigenvalue weighted by atomic mass is 16.3. The fourth-order valence-corrected chi connectivity index (χ4v) is 11.4. The van der Waals surface area contributed by atoms with Crippen LogP contribution in [-0.4, -0.2) is 18.0 Å². The van der Waals surface area contributed by atoms with E-state index in [1.54, 1.807) is 0 Å². The van der Waals surface area contributed by atoms with Crippen LogP contribution in [0.25, 0.3) is 0 Å². The van der Waals surface area contributed by atoms with Crippen LogP contribution in [0.2, 0.25) is 0 Å². The monoisotopic (exact) mass is 494 g/mol. The summed E-state index contributed by atoms with van der Waals surface area (Å²) in [4.78, 5) is 12.0. The predicted molar refractivity (Wildman–Crippen MR) is 149 cm³/mol. The summed E-state index contributed by atoms with van der Waals surface area (Å²) in [6.45, 7) is 10.2. The first-order chi connectivity index (χ1) is 17.2. The van der Waals surface area contributed by atoms with E-state index in [9.17, 15) is 9.90 Å². The maximum atomic E-state index is 12.0. The van der Waals surface area contributed by atoms with Gasteiger partial charge >= 0.3 is 0 Å². The Bertz CT molecular complexity index is 851. The number of aliphatic hydroxyl groups excluding tert-OH is 1. The molecule has 0 spiro atoms. The SMILES string of the molecule is CC1(C)C2CCC(C2)C1C1(C=O)CC=CCCC1.CC1(C)C2CCC(C2)C1C1(CO)CC=CCCC1. The Labute approximate surface area is 221 Å². The highest BCUT2D eigenvalue weighted by Gasteiger charge is 2.60. The zero-order valence-corrected chi connectivity index (χ0v) is 23.8. The molecule has 4 bridgehead atoms. The number of fused-ring (bicyclic) bond motifs is 4. The number of aldehydes is 1. The molecule has 4 fully saturated rings. The molecule has 8 unspecified atom stereocenters. The first-order valence-corrected chi connectivity index (χ1v) is 15.6. The van der Waals surface area contributed by atoms with Gasteiger partial charge in [0.1, 0.15) is 6.29 Å². The quantitative estimate of drug-likeness (QED) is 0.314. The first kappa shape index (κ1) is 26.7. The minimum Gasteiger partial charge on any atom is -0.396 e. The summed E-state index contributed by atoms with van der Waals surface area (Å²) < 4.78 is 0. The summed E-state index contributed by atoms with van der Waals surface area (Å²) in [6.07, 6.45) is 28.3. The fraction of sp³-hybridized carbons (Fsp3) is 0.853. The second-order valence-corrected chi connectivity index (χ2v) is 15.1. The van der Waals surface area contributed by atoms with Crippen LogP contribution in [0.1, 0.15) is 118 Å². The largest absolute Gasteiger partial charge is 0.396 e. The van der Waals surface area contributed by atoms with Gasteiger partial charge in [0.25, 0.3) is 0 Å². The molecule has 0 aromatic carbocycles. The van der Waals surface area contributed by atoms with Crippen LogP contribution in [-0.2, 0) is 4.79 Å². The molecule has 2 nitrogen and oxygen atoms in total. The lowest BCUT2D eigenvalue weighted by atomic mass is 9.55. The van der Waals surface area contributed by atoms with Crippen molar-refractivity contribution >= 4 is 6.29 Å². The Balaban J connectivity index is 0.000000148. The average Bonchev–Trinajstić information content (AvgIpc) is 3.53. The van der Waals surface area contributed by atoms with Crippen LogP contribution < -0.4 is 0 Å². The highest BCUT2D eigenvalue weighted by Crippen LogP contribution is 2.67. The van der Waals surface area contributed by atoms with E-state index in [2.05, 4.69) is 52.0 Å². The molecule has 0 heterocycles. The van der Waals surface area contributed by atoms with E-state index in [0.29, 0.717) is 23.4 Å². The summed E-state index contributed by atoms with van der Waals surface area (Å²) in [5.74, 6) is 4.88. The zero-order valence-electron chi connectivity index (χ0n) is 23.8. The second-order valence-electron chi connectivity index (χ2n) is 15.1. The molecule has 8 atom stereocenters. The molecule has 1 N–H and O–H groups in total. The number of aliphatic hydroxyl groups is 1. The van der Waals surface area contributed by atoms with Crippen molar-refractivity contribution in [1.82, 2.24) is 0 Å². The van der Waals surface area contributed by atoms with Crippen LogP contribution in [0, 0.1) is 57.2 Å². The number of carbonyl (C=O) groups excluding carboxylic acids is 1. The van der Waals surface area contributed by atoms with E-state index in [0.717, 1.165) is 55.3 Å². The number of allylic oxidation sites excluding steroid dienone is 4. The van der Waals surface area contributed by atoms with Crippen molar-refractivity contribution in [2.75, 3.05) is 6.61 Å². The lowest BCUT2D eigenvalue weighted by molar-refractivity contribution is -0.125. The van der Waals surface area contributed by atoms with E-state index in [1.165, 1.54) is 70.5 Å². The van der Waals surface area contributed by atoms with Gasteiger partial charge in [-0.1, -0.05) is 52.0 Å². The third-order valence-corrected chi connectivity index (χ3v) is 12.8. The Morgan fingerprint density at radius 3 is 1.83 bits per heavy atom.